The monoisotopic (exact) mass is 533 g/mol. The lowest BCUT2D eigenvalue weighted by Gasteiger charge is -2.34. The molecule has 0 amide bonds. The summed E-state index contributed by atoms with van der Waals surface area (Å²) in [5.41, 5.74) is 4.43. The predicted molar refractivity (Wildman–Crippen MR) is 157 cm³/mol. The van der Waals surface area contributed by atoms with Gasteiger partial charge in [-0.05, 0) is 86.3 Å². The van der Waals surface area contributed by atoms with Crippen LogP contribution in [0.15, 0.2) is 60.9 Å². The van der Waals surface area contributed by atoms with Gasteiger partial charge in [-0.25, -0.2) is 0 Å². The summed E-state index contributed by atoms with van der Waals surface area (Å²) in [5, 5.41) is 5.12. The fourth-order valence-corrected chi connectivity index (χ4v) is 7.07. The largest absolute Gasteiger partial charge is 0.370 e. The van der Waals surface area contributed by atoms with E-state index in [1.165, 1.54) is 50.6 Å². The second-order valence-electron chi connectivity index (χ2n) is 10.9. The van der Waals surface area contributed by atoms with Crippen molar-refractivity contribution >= 4 is 40.3 Å². The van der Waals surface area contributed by atoms with Crippen LogP contribution >= 0.6 is 23.8 Å². The van der Waals surface area contributed by atoms with Crippen molar-refractivity contribution in [2.45, 2.75) is 70.0 Å². The Labute approximate surface area is 230 Å². The predicted octanol–water partition coefficient (Wildman–Crippen LogP) is 7.46. The Kier molecular flexibility index (Phi) is 7.13. The number of halogens is 1. The Hall–Kier alpha value is -2.57. The van der Waals surface area contributed by atoms with E-state index < -0.39 is 0 Å². The van der Waals surface area contributed by atoms with Crippen LogP contribution in [0.1, 0.15) is 81.4 Å². The third kappa shape index (κ3) is 4.86. The molecule has 0 radical (unpaired) electrons. The SMILES string of the molecule is CC1CCN(c2ccc(N3C(=S)N[C@H](c4ccccn4)[C@H]3c3cccn3C3CCCCC3)cc2Cl)CC1. The minimum atomic E-state index is -0.0482. The molecule has 3 aliphatic rings. The maximum absolute atomic E-state index is 6.95. The summed E-state index contributed by atoms with van der Waals surface area (Å²) in [4.78, 5) is 9.42. The van der Waals surface area contributed by atoms with Gasteiger partial charge in [-0.3, -0.25) is 4.98 Å². The van der Waals surface area contributed by atoms with E-state index >= 15 is 0 Å². The first-order valence-electron chi connectivity index (χ1n) is 13.8. The normalized spacial score (nSPS) is 23.5. The molecule has 37 heavy (non-hydrogen) atoms. The van der Waals surface area contributed by atoms with Crippen LogP contribution in [0.5, 0.6) is 0 Å². The van der Waals surface area contributed by atoms with Crippen LogP contribution in [0, 0.1) is 5.92 Å². The molecule has 0 spiro atoms. The lowest BCUT2D eigenvalue weighted by molar-refractivity contribution is 0.340. The van der Waals surface area contributed by atoms with Gasteiger partial charge in [0.25, 0.3) is 0 Å². The molecule has 6 rings (SSSR count). The molecule has 3 aromatic rings. The highest BCUT2D eigenvalue weighted by Crippen LogP contribution is 2.45. The molecule has 1 aliphatic carbocycles. The van der Waals surface area contributed by atoms with Gasteiger partial charge in [0.1, 0.15) is 6.04 Å². The number of anilines is 2. The average Bonchev–Trinajstić information content (AvgIpc) is 3.54. The van der Waals surface area contributed by atoms with E-state index in [1.54, 1.807) is 0 Å². The molecule has 4 heterocycles. The topological polar surface area (TPSA) is 36.3 Å². The molecule has 2 aromatic heterocycles. The first kappa shape index (κ1) is 24.7. The van der Waals surface area contributed by atoms with E-state index in [0.717, 1.165) is 41.1 Å². The number of hydrogen-bond donors (Lipinski definition) is 1. The molecule has 2 saturated heterocycles. The van der Waals surface area contributed by atoms with Crippen molar-refractivity contribution in [2.75, 3.05) is 22.9 Å². The Morgan fingerprint density at radius 1 is 0.973 bits per heavy atom. The van der Waals surface area contributed by atoms with Crippen LogP contribution in [0.25, 0.3) is 0 Å². The second-order valence-corrected chi connectivity index (χ2v) is 11.7. The molecule has 194 valence electrons. The number of hydrogen-bond acceptors (Lipinski definition) is 3. The second kappa shape index (κ2) is 10.7. The molecule has 5 nitrogen and oxygen atoms in total. The van der Waals surface area contributed by atoms with Gasteiger partial charge < -0.3 is 19.7 Å². The zero-order chi connectivity index (χ0) is 25.4. The maximum atomic E-state index is 6.95. The van der Waals surface area contributed by atoms with Crippen molar-refractivity contribution in [2.24, 2.45) is 5.92 Å². The molecule has 2 aliphatic heterocycles. The van der Waals surface area contributed by atoms with Crippen LogP contribution in [-0.2, 0) is 0 Å². The number of thiocarbonyl (C=S) groups is 1. The summed E-state index contributed by atoms with van der Waals surface area (Å²) >= 11 is 12.9. The Morgan fingerprint density at radius 3 is 2.51 bits per heavy atom. The van der Waals surface area contributed by atoms with E-state index in [0.29, 0.717) is 11.2 Å². The van der Waals surface area contributed by atoms with Crippen LogP contribution in [0.2, 0.25) is 5.02 Å². The van der Waals surface area contributed by atoms with E-state index in [1.807, 2.05) is 12.3 Å². The summed E-state index contributed by atoms with van der Waals surface area (Å²) in [7, 11) is 0. The summed E-state index contributed by atoms with van der Waals surface area (Å²) in [6, 6.07) is 17.5. The number of piperidine rings is 1. The number of aromatic nitrogens is 2. The Bertz CT molecular complexity index is 1230. The molecule has 2 atom stereocenters. The molecule has 0 unspecified atom stereocenters. The third-order valence-corrected chi connectivity index (χ3v) is 9.13. The summed E-state index contributed by atoms with van der Waals surface area (Å²) in [6.07, 6.45) is 12.9. The lowest BCUT2D eigenvalue weighted by atomic mass is 9.94. The minimum absolute atomic E-state index is 0.0166. The van der Waals surface area contributed by atoms with Crippen molar-refractivity contribution in [3.8, 4) is 0 Å². The standard InChI is InChI=1S/C30H36ClN5S/c1-21-14-18-34(19-15-21)26-13-12-23(20-24(26)31)36-29(28(33-30(36)37)25-10-5-6-16-32-25)27-11-7-17-35(27)22-8-3-2-4-9-22/h5-7,10-13,16-17,20-22,28-29H,2-4,8-9,14-15,18-19H2,1H3,(H,33,37)/t28-,29-/m1/s1. The fourth-order valence-electron chi connectivity index (χ4n) is 6.43. The number of rotatable bonds is 5. The highest BCUT2D eigenvalue weighted by atomic mass is 35.5. The molecular weight excluding hydrogens is 498 g/mol. The quantitative estimate of drug-likeness (QED) is 0.344. The van der Waals surface area contributed by atoms with Crippen molar-refractivity contribution in [3.05, 3.63) is 77.3 Å². The van der Waals surface area contributed by atoms with Crippen molar-refractivity contribution in [3.63, 3.8) is 0 Å². The van der Waals surface area contributed by atoms with E-state index in [2.05, 4.69) is 75.3 Å². The molecule has 0 bridgehead atoms. The van der Waals surface area contributed by atoms with Crippen LogP contribution in [0.4, 0.5) is 11.4 Å². The molecule has 7 heteroatoms. The summed E-state index contributed by atoms with van der Waals surface area (Å²) in [5.74, 6) is 0.784. The Balaban J connectivity index is 1.38. The minimum Gasteiger partial charge on any atom is -0.370 e. The van der Waals surface area contributed by atoms with Gasteiger partial charge in [0.15, 0.2) is 5.11 Å². The van der Waals surface area contributed by atoms with Crippen LogP contribution < -0.4 is 15.1 Å². The number of benzene rings is 1. The zero-order valence-electron chi connectivity index (χ0n) is 21.5. The molecular formula is C30H36ClN5S. The zero-order valence-corrected chi connectivity index (χ0v) is 23.1. The smallest absolute Gasteiger partial charge is 0.174 e. The fraction of sp³-hybridized carbons (Fsp3) is 0.467. The number of nitrogens with zero attached hydrogens (tertiary/aromatic N) is 4. The highest BCUT2D eigenvalue weighted by molar-refractivity contribution is 7.80. The highest BCUT2D eigenvalue weighted by Gasteiger charge is 2.42. The van der Waals surface area contributed by atoms with Gasteiger partial charge >= 0.3 is 0 Å². The van der Waals surface area contributed by atoms with E-state index in [-0.39, 0.29) is 12.1 Å². The molecule has 3 fully saturated rings. The third-order valence-electron chi connectivity index (χ3n) is 8.51. The molecule has 1 saturated carbocycles. The first-order valence-corrected chi connectivity index (χ1v) is 14.6. The van der Waals surface area contributed by atoms with Gasteiger partial charge in [0.05, 0.1) is 22.4 Å². The van der Waals surface area contributed by atoms with Crippen molar-refractivity contribution in [1.82, 2.24) is 14.9 Å². The lowest BCUT2D eigenvalue weighted by Crippen LogP contribution is -2.33. The summed E-state index contributed by atoms with van der Waals surface area (Å²) < 4.78 is 2.51. The Morgan fingerprint density at radius 2 is 1.78 bits per heavy atom. The van der Waals surface area contributed by atoms with Crippen LogP contribution in [0.3, 0.4) is 0 Å². The van der Waals surface area contributed by atoms with Gasteiger partial charge in [0.2, 0.25) is 0 Å². The van der Waals surface area contributed by atoms with E-state index in [9.17, 15) is 0 Å². The summed E-state index contributed by atoms with van der Waals surface area (Å²) in [6.45, 7) is 4.46. The van der Waals surface area contributed by atoms with Gasteiger partial charge in [-0.15, -0.1) is 0 Å². The van der Waals surface area contributed by atoms with Gasteiger partial charge in [-0.1, -0.05) is 43.9 Å². The average molecular weight is 534 g/mol. The van der Waals surface area contributed by atoms with Crippen molar-refractivity contribution < 1.29 is 0 Å². The van der Waals surface area contributed by atoms with Crippen molar-refractivity contribution in [1.29, 1.82) is 0 Å². The van der Waals surface area contributed by atoms with Gasteiger partial charge in [-0.2, -0.15) is 0 Å². The van der Waals surface area contributed by atoms with Gasteiger partial charge in [0, 0.05) is 42.9 Å². The van der Waals surface area contributed by atoms with E-state index in [4.69, 9.17) is 28.8 Å². The van der Waals surface area contributed by atoms with Crippen LogP contribution in [-0.4, -0.2) is 27.8 Å². The number of pyridine rings is 1. The number of nitrogens with one attached hydrogen (secondary N) is 1. The molecule has 1 aromatic carbocycles. The first-order chi connectivity index (χ1) is 18.1. The maximum Gasteiger partial charge on any atom is 0.174 e. The molecule has 1 N–H and O–H groups in total.